The minimum absolute atomic E-state index is 0.801. The van der Waals surface area contributed by atoms with Crippen molar-refractivity contribution in [3.8, 4) is 0 Å². The van der Waals surface area contributed by atoms with E-state index in [4.69, 9.17) is 4.74 Å². The molecule has 2 heteroatoms. The van der Waals surface area contributed by atoms with Gasteiger partial charge in [0.15, 0.2) is 0 Å². The van der Waals surface area contributed by atoms with Crippen LogP contribution in [-0.2, 0) is 11.2 Å². The fourth-order valence-corrected chi connectivity index (χ4v) is 2.80. The Bertz CT molecular complexity index is 550. The molecule has 2 rings (SSSR count). The first kappa shape index (κ1) is 16.0. The molecule has 21 heavy (non-hydrogen) atoms. The molecule has 2 nitrogen and oxygen atoms in total. The molecule has 0 unspecified atom stereocenters. The molecule has 0 saturated carbocycles. The summed E-state index contributed by atoms with van der Waals surface area (Å²) in [4.78, 5) is 0. The second-order valence-corrected chi connectivity index (χ2v) is 5.64. The average molecular weight is 285 g/mol. The molecule has 0 spiro atoms. The van der Waals surface area contributed by atoms with Gasteiger partial charge in [0, 0.05) is 13.7 Å². The molecule has 0 atom stereocenters. The van der Waals surface area contributed by atoms with E-state index < -0.39 is 0 Å². The molecule has 0 aliphatic carbocycles. The van der Waals surface area contributed by atoms with Gasteiger partial charge >= 0.3 is 0 Å². The minimum atomic E-state index is 0.801. The molecule has 0 amide bonds. The van der Waals surface area contributed by atoms with E-state index in [0.29, 0.717) is 0 Å². The van der Waals surface area contributed by atoms with E-state index in [2.05, 4.69) is 48.6 Å². The van der Waals surface area contributed by atoms with Gasteiger partial charge in [-0.2, -0.15) is 0 Å². The Morgan fingerprint density at radius 2 is 1.81 bits per heavy atom. The highest BCUT2D eigenvalue weighted by Gasteiger charge is 2.04. The monoisotopic (exact) mass is 285 g/mol. The number of nitrogens with one attached hydrogen (secondary N) is 1. The zero-order valence-corrected chi connectivity index (χ0v) is 13.3. The normalized spacial score (nSPS) is 11.1. The Hall–Kier alpha value is -1.38. The summed E-state index contributed by atoms with van der Waals surface area (Å²) in [5.41, 5.74) is 2.95. The van der Waals surface area contributed by atoms with Crippen LogP contribution in [0.25, 0.3) is 10.8 Å². The Morgan fingerprint density at radius 1 is 0.952 bits per heavy atom. The van der Waals surface area contributed by atoms with Gasteiger partial charge in [-0.1, -0.05) is 42.8 Å². The summed E-state index contributed by atoms with van der Waals surface area (Å²) in [6, 6.07) is 13.2. The third-order valence-corrected chi connectivity index (χ3v) is 4.04. The summed E-state index contributed by atoms with van der Waals surface area (Å²) in [6.07, 6.45) is 4.97. The maximum Gasteiger partial charge on any atom is 0.0587 e. The molecule has 0 fully saturated rings. The lowest BCUT2D eigenvalue weighted by atomic mass is 9.95. The maximum atomic E-state index is 5.02. The lowest BCUT2D eigenvalue weighted by molar-refractivity contribution is 0.199. The predicted octanol–water partition coefficient (Wildman–Crippen LogP) is 4.10. The largest absolute Gasteiger partial charge is 0.383 e. The number of aryl methyl sites for hydroxylation is 2. The van der Waals surface area contributed by atoms with Crippen LogP contribution in [0.5, 0.6) is 0 Å². The van der Waals surface area contributed by atoms with Crippen LogP contribution in [0.2, 0.25) is 0 Å². The van der Waals surface area contributed by atoms with Gasteiger partial charge in [-0.3, -0.25) is 0 Å². The zero-order valence-electron chi connectivity index (χ0n) is 13.3. The third kappa shape index (κ3) is 4.83. The molecule has 1 N–H and O–H groups in total. The van der Waals surface area contributed by atoms with Crippen molar-refractivity contribution < 1.29 is 4.74 Å². The highest BCUT2D eigenvalue weighted by molar-refractivity contribution is 5.86. The van der Waals surface area contributed by atoms with E-state index in [1.54, 1.807) is 7.11 Å². The zero-order chi connectivity index (χ0) is 14.9. The van der Waals surface area contributed by atoms with Crippen LogP contribution < -0.4 is 5.32 Å². The van der Waals surface area contributed by atoms with Gasteiger partial charge in [-0.25, -0.2) is 0 Å². The Kier molecular flexibility index (Phi) is 6.71. The van der Waals surface area contributed by atoms with E-state index in [1.807, 2.05) is 0 Å². The highest BCUT2D eigenvalue weighted by Crippen LogP contribution is 2.23. The van der Waals surface area contributed by atoms with E-state index in [1.165, 1.54) is 47.6 Å². The number of rotatable bonds is 9. The molecule has 0 saturated heterocycles. The van der Waals surface area contributed by atoms with Crippen molar-refractivity contribution >= 4 is 10.8 Å². The number of methoxy groups -OCH3 is 1. The third-order valence-electron chi connectivity index (χ3n) is 4.04. The standard InChI is InChI=1S/C19H27NO/c1-16-11-12-17-8-5-6-10-19(17)18(16)9-4-3-7-13-20-14-15-21-2/h5-6,8,10-12,20H,3-4,7,9,13-15H2,1-2H3. The number of fused-ring (bicyclic) bond motifs is 1. The molecule has 2 aromatic carbocycles. The smallest absolute Gasteiger partial charge is 0.0587 e. The summed E-state index contributed by atoms with van der Waals surface area (Å²) < 4.78 is 5.02. The van der Waals surface area contributed by atoms with Crippen LogP contribution in [-0.4, -0.2) is 26.8 Å². The van der Waals surface area contributed by atoms with E-state index in [0.717, 1.165) is 19.7 Å². The maximum absolute atomic E-state index is 5.02. The van der Waals surface area contributed by atoms with Gasteiger partial charge in [0.2, 0.25) is 0 Å². The Balaban J connectivity index is 1.79. The second kappa shape index (κ2) is 8.81. The molecule has 0 radical (unpaired) electrons. The van der Waals surface area contributed by atoms with Crippen molar-refractivity contribution in [3.05, 3.63) is 47.5 Å². The van der Waals surface area contributed by atoms with Crippen molar-refractivity contribution in [2.45, 2.75) is 32.6 Å². The first-order chi connectivity index (χ1) is 10.3. The molecular formula is C19H27NO. The molecule has 114 valence electrons. The van der Waals surface area contributed by atoms with Gasteiger partial charge < -0.3 is 10.1 Å². The summed E-state index contributed by atoms with van der Waals surface area (Å²) in [5, 5.41) is 6.19. The first-order valence-electron chi connectivity index (χ1n) is 8.00. The quantitative estimate of drug-likeness (QED) is 0.700. The van der Waals surface area contributed by atoms with Crippen LogP contribution in [0, 0.1) is 6.92 Å². The molecule has 0 bridgehead atoms. The number of benzene rings is 2. The van der Waals surface area contributed by atoms with E-state index in [9.17, 15) is 0 Å². The predicted molar refractivity (Wildman–Crippen MR) is 91.0 cm³/mol. The second-order valence-electron chi connectivity index (χ2n) is 5.64. The van der Waals surface area contributed by atoms with Crippen molar-refractivity contribution in [1.82, 2.24) is 5.32 Å². The topological polar surface area (TPSA) is 21.3 Å². The fraction of sp³-hybridized carbons (Fsp3) is 0.474. The van der Waals surface area contributed by atoms with Gasteiger partial charge in [0.05, 0.1) is 6.61 Å². The summed E-state index contributed by atoms with van der Waals surface area (Å²) in [7, 11) is 1.74. The Labute approximate surface area is 128 Å². The Morgan fingerprint density at radius 3 is 2.67 bits per heavy atom. The van der Waals surface area contributed by atoms with E-state index >= 15 is 0 Å². The van der Waals surface area contributed by atoms with Gasteiger partial charge in [0.1, 0.15) is 0 Å². The lowest BCUT2D eigenvalue weighted by Gasteiger charge is -2.10. The van der Waals surface area contributed by atoms with Crippen molar-refractivity contribution in [1.29, 1.82) is 0 Å². The fourth-order valence-electron chi connectivity index (χ4n) is 2.80. The van der Waals surface area contributed by atoms with Crippen molar-refractivity contribution in [3.63, 3.8) is 0 Å². The SMILES string of the molecule is COCCNCCCCCc1c(C)ccc2ccccc12. The van der Waals surface area contributed by atoms with Crippen LogP contribution in [0.4, 0.5) is 0 Å². The molecule has 0 aliphatic rings. The van der Waals surface area contributed by atoms with Crippen LogP contribution in [0.15, 0.2) is 36.4 Å². The first-order valence-corrected chi connectivity index (χ1v) is 8.00. The van der Waals surface area contributed by atoms with E-state index in [-0.39, 0.29) is 0 Å². The number of unbranched alkanes of at least 4 members (excludes halogenated alkanes) is 2. The number of ether oxygens (including phenoxy) is 1. The summed E-state index contributed by atoms with van der Waals surface area (Å²) >= 11 is 0. The van der Waals surface area contributed by atoms with Gasteiger partial charge in [0.25, 0.3) is 0 Å². The number of hydrogen-bond donors (Lipinski definition) is 1. The van der Waals surface area contributed by atoms with Crippen LogP contribution in [0.3, 0.4) is 0 Å². The molecule has 0 aromatic heterocycles. The highest BCUT2D eigenvalue weighted by atomic mass is 16.5. The number of hydrogen-bond acceptors (Lipinski definition) is 2. The molecule has 0 heterocycles. The molecule has 0 aliphatic heterocycles. The molecule has 2 aromatic rings. The summed E-state index contributed by atoms with van der Waals surface area (Å²) in [6.45, 7) is 5.08. The van der Waals surface area contributed by atoms with Gasteiger partial charge in [-0.05, 0) is 54.6 Å². The molecular weight excluding hydrogens is 258 g/mol. The lowest BCUT2D eigenvalue weighted by Crippen LogP contribution is -2.20. The summed E-state index contributed by atoms with van der Waals surface area (Å²) in [5.74, 6) is 0. The minimum Gasteiger partial charge on any atom is -0.383 e. The van der Waals surface area contributed by atoms with Crippen LogP contribution in [0.1, 0.15) is 30.4 Å². The average Bonchev–Trinajstić information content (AvgIpc) is 2.51. The van der Waals surface area contributed by atoms with Crippen LogP contribution >= 0.6 is 0 Å². The van der Waals surface area contributed by atoms with Crippen molar-refractivity contribution in [2.24, 2.45) is 0 Å². The van der Waals surface area contributed by atoms with Gasteiger partial charge in [-0.15, -0.1) is 0 Å². The van der Waals surface area contributed by atoms with Crippen molar-refractivity contribution in [2.75, 3.05) is 26.8 Å².